The highest BCUT2D eigenvalue weighted by molar-refractivity contribution is 5.95. The quantitative estimate of drug-likeness (QED) is 0.527. The van der Waals surface area contributed by atoms with Gasteiger partial charge in [0.05, 0.1) is 17.6 Å². The average molecular weight is 432 g/mol. The van der Waals surface area contributed by atoms with Crippen LogP contribution < -0.4 is 5.32 Å². The van der Waals surface area contributed by atoms with Crippen LogP contribution in [0.25, 0.3) is 17.2 Å². The van der Waals surface area contributed by atoms with Gasteiger partial charge in [0.2, 0.25) is 5.91 Å². The van der Waals surface area contributed by atoms with Crippen LogP contribution in [0.4, 0.5) is 14.6 Å². The number of fused-ring (bicyclic) bond motifs is 1. The fourth-order valence-electron chi connectivity index (χ4n) is 3.99. The van der Waals surface area contributed by atoms with Crippen molar-refractivity contribution in [3.63, 3.8) is 0 Å². The van der Waals surface area contributed by atoms with Gasteiger partial charge in [0.15, 0.2) is 11.6 Å². The summed E-state index contributed by atoms with van der Waals surface area (Å²) in [7, 11) is 0. The lowest BCUT2D eigenvalue weighted by molar-refractivity contribution is -0.116. The Balaban J connectivity index is 1.63. The van der Waals surface area contributed by atoms with E-state index in [1.165, 1.54) is 16.8 Å². The minimum Gasteiger partial charge on any atom is -0.310 e. The summed E-state index contributed by atoms with van der Waals surface area (Å²) in [5.41, 5.74) is 3.82. The van der Waals surface area contributed by atoms with Crippen LogP contribution >= 0.6 is 0 Å². The maximum Gasteiger partial charge on any atom is 0.272 e. The Hall–Kier alpha value is -4.01. The Morgan fingerprint density at radius 3 is 2.66 bits per heavy atom. The van der Waals surface area contributed by atoms with Gasteiger partial charge in [-0.25, -0.2) is 13.8 Å². The van der Waals surface area contributed by atoms with Crippen molar-refractivity contribution in [3.05, 3.63) is 82.7 Å². The number of carbonyl (C=O) groups is 1. The molecule has 2 aromatic carbocycles. The number of anilines is 1. The fraction of sp³-hybridized carbons (Fsp3) is 0.174. The lowest BCUT2D eigenvalue weighted by Gasteiger charge is -2.24. The Morgan fingerprint density at radius 2 is 1.88 bits per heavy atom. The largest absolute Gasteiger partial charge is 0.310 e. The van der Waals surface area contributed by atoms with Crippen molar-refractivity contribution in [1.29, 1.82) is 0 Å². The summed E-state index contributed by atoms with van der Waals surface area (Å²) in [4.78, 5) is 17.1. The van der Waals surface area contributed by atoms with Crippen molar-refractivity contribution in [3.8, 4) is 17.2 Å². The number of nitrogens with one attached hydrogen (secondary N) is 1. The van der Waals surface area contributed by atoms with Crippen molar-refractivity contribution in [2.45, 2.75) is 26.2 Å². The third kappa shape index (κ3) is 3.31. The van der Waals surface area contributed by atoms with Gasteiger partial charge in [-0.3, -0.25) is 4.79 Å². The zero-order valence-electron chi connectivity index (χ0n) is 17.3. The average Bonchev–Trinajstić information content (AvgIpc) is 3.12. The van der Waals surface area contributed by atoms with Crippen LogP contribution in [-0.2, 0) is 4.79 Å². The molecule has 0 unspecified atom stereocenters. The number of aromatic nitrogens is 5. The molecule has 2 aromatic heterocycles. The van der Waals surface area contributed by atoms with Crippen molar-refractivity contribution < 1.29 is 13.6 Å². The predicted molar refractivity (Wildman–Crippen MR) is 113 cm³/mol. The Bertz CT molecular complexity index is 1350. The predicted octanol–water partition coefficient (Wildman–Crippen LogP) is 4.09. The first-order valence-electron chi connectivity index (χ1n) is 10.0. The normalized spacial score (nSPS) is 15.4. The van der Waals surface area contributed by atoms with Crippen molar-refractivity contribution in [2.24, 2.45) is 0 Å². The molecule has 0 spiro atoms. The second-order valence-corrected chi connectivity index (χ2v) is 7.72. The lowest BCUT2D eigenvalue weighted by Crippen LogP contribution is -2.26. The van der Waals surface area contributed by atoms with Crippen LogP contribution in [0.5, 0.6) is 0 Å². The molecule has 1 aliphatic rings. The van der Waals surface area contributed by atoms with E-state index in [4.69, 9.17) is 0 Å². The van der Waals surface area contributed by atoms with E-state index >= 15 is 0 Å². The summed E-state index contributed by atoms with van der Waals surface area (Å²) < 4.78 is 29.8. The molecule has 9 heteroatoms. The minimum absolute atomic E-state index is 0.0254. The summed E-state index contributed by atoms with van der Waals surface area (Å²) in [6.45, 7) is 3.74. The summed E-state index contributed by atoms with van der Waals surface area (Å²) in [6, 6.07) is 11.8. The topological polar surface area (TPSA) is 85.6 Å². The molecule has 1 atom stereocenters. The number of aryl methyl sites for hydroxylation is 2. The molecule has 1 amide bonds. The monoisotopic (exact) mass is 432 g/mol. The van der Waals surface area contributed by atoms with E-state index < -0.39 is 17.6 Å². The molecular weight excluding hydrogens is 414 g/mol. The van der Waals surface area contributed by atoms with Gasteiger partial charge in [-0.15, -0.1) is 5.10 Å². The van der Waals surface area contributed by atoms with Gasteiger partial charge in [0, 0.05) is 23.5 Å². The summed E-state index contributed by atoms with van der Waals surface area (Å²) in [6.07, 6.45) is 1.52. The van der Waals surface area contributed by atoms with Gasteiger partial charge in [0.25, 0.3) is 5.95 Å². The molecule has 3 heterocycles. The Labute approximate surface area is 182 Å². The molecule has 7 nitrogen and oxygen atoms in total. The zero-order valence-corrected chi connectivity index (χ0v) is 17.3. The molecule has 0 fully saturated rings. The molecule has 1 aliphatic heterocycles. The minimum atomic E-state index is -0.968. The number of amides is 1. The van der Waals surface area contributed by atoms with E-state index in [0.717, 1.165) is 17.2 Å². The van der Waals surface area contributed by atoms with Crippen LogP contribution in [0.1, 0.15) is 34.7 Å². The maximum atomic E-state index is 14.6. The van der Waals surface area contributed by atoms with E-state index in [-0.39, 0.29) is 23.8 Å². The van der Waals surface area contributed by atoms with Gasteiger partial charge < -0.3 is 5.32 Å². The highest BCUT2D eigenvalue weighted by Crippen LogP contribution is 2.41. The number of carbonyl (C=O) groups excluding carboxylic acids is 1. The molecule has 1 N–H and O–H groups in total. The van der Waals surface area contributed by atoms with Crippen molar-refractivity contribution in [1.82, 2.24) is 25.0 Å². The SMILES string of the molecule is Cc1ccc(-c2cnnc(-n3nc(C)c4c3NC(=O)C[C@@H]4c3cccc(F)c3F)n2)cc1. The highest BCUT2D eigenvalue weighted by Gasteiger charge is 2.35. The lowest BCUT2D eigenvalue weighted by atomic mass is 9.85. The first-order valence-corrected chi connectivity index (χ1v) is 10.0. The maximum absolute atomic E-state index is 14.6. The Morgan fingerprint density at radius 1 is 1.09 bits per heavy atom. The molecule has 0 saturated carbocycles. The van der Waals surface area contributed by atoms with E-state index in [2.05, 4.69) is 25.6 Å². The first-order chi connectivity index (χ1) is 15.4. The van der Waals surface area contributed by atoms with Crippen LogP contribution in [0.2, 0.25) is 0 Å². The highest BCUT2D eigenvalue weighted by atomic mass is 19.2. The molecule has 0 aliphatic carbocycles. The standard InChI is InChI=1S/C23H18F2N6O/c1-12-6-8-14(9-7-12)18-11-26-29-23(27-18)31-22-20(13(2)30-31)16(10-19(32)28-22)15-4-3-5-17(24)21(15)25/h3-9,11,16H,10H2,1-2H3,(H,28,32)/t16-/m1/s1. The van der Waals surface area contributed by atoms with Gasteiger partial charge in [-0.05, 0) is 25.5 Å². The smallest absolute Gasteiger partial charge is 0.272 e. The second-order valence-electron chi connectivity index (χ2n) is 7.72. The van der Waals surface area contributed by atoms with Gasteiger partial charge in [0.1, 0.15) is 5.82 Å². The van der Waals surface area contributed by atoms with Crippen LogP contribution in [0, 0.1) is 25.5 Å². The third-order valence-electron chi connectivity index (χ3n) is 5.54. The van der Waals surface area contributed by atoms with Gasteiger partial charge >= 0.3 is 0 Å². The Kier molecular flexibility index (Phi) is 4.73. The van der Waals surface area contributed by atoms with Crippen molar-refractivity contribution in [2.75, 3.05) is 5.32 Å². The number of hydrogen-bond donors (Lipinski definition) is 1. The fourth-order valence-corrected chi connectivity index (χ4v) is 3.99. The number of hydrogen-bond acceptors (Lipinski definition) is 5. The molecule has 5 rings (SSSR count). The van der Waals surface area contributed by atoms with Crippen LogP contribution in [-0.4, -0.2) is 30.9 Å². The number of nitrogens with zero attached hydrogens (tertiary/aromatic N) is 5. The van der Waals surface area contributed by atoms with E-state index in [1.807, 2.05) is 31.2 Å². The molecule has 32 heavy (non-hydrogen) atoms. The summed E-state index contributed by atoms with van der Waals surface area (Å²) >= 11 is 0. The first kappa shape index (κ1) is 19.9. The zero-order chi connectivity index (χ0) is 22.4. The molecule has 0 saturated heterocycles. The van der Waals surface area contributed by atoms with Crippen LogP contribution in [0.15, 0.2) is 48.7 Å². The number of halogens is 2. The van der Waals surface area contributed by atoms with Gasteiger partial charge in [-0.1, -0.05) is 42.0 Å². The number of rotatable bonds is 3. The van der Waals surface area contributed by atoms with Crippen molar-refractivity contribution >= 4 is 11.7 Å². The van der Waals surface area contributed by atoms with Gasteiger partial charge in [-0.2, -0.15) is 14.9 Å². The van der Waals surface area contributed by atoms with Crippen LogP contribution in [0.3, 0.4) is 0 Å². The second kappa shape index (κ2) is 7.60. The molecule has 0 radical (unpaired) electrons. The molecule has 4 aromatic rings. The summed E-state index contributed by atoms with van der Waals surface area (Å²) in [5.74, 6) is -2.46. The number of benzene rings is 2. The molecule has 160 valence electrons. The molecular formula is C23H18F2N6O. The van der Waals surface area contributed by atoms with E-state index in [1.54, 1.807) is 13.1 Å². The summed E-state index contributed by atoms with van der Waals surface area (Å²) in [5, 5.41) is 15.4. The van der Waals surface area contributed by atoms with E-state index in [0.29, 0.717) is 22.8 Å². The van der Waals surface area contributed by atoms with E-state index in [9.17, 15) is 13.6 Å². The third-order valence-corrected chi connectivity index (χ3v) is 5.54. The molecule has 0 bridgehead atoms.